The van der Waals surface area contributed by atoms with Crippen LogP contribution >= 0.6 is 0 Å². The molecule has 0 unspecified atom stereocenters. The van der Waals surface area contributed by atoms with E-state index in [0.29, 0.717) is 35.1 Å². The maximum atomic E-state index is 12.5. The lowest BCUT2D eigenvalue weighted by Gasteiger charge is -2.13. The Hall–Kier alpha value is -2.69. The fourth-order valence-electron chi connectivity index (χ4n) is 2.03. The summed E-state index contributed by atoms with van der Waals surface area (Å²) < 4.78 is 15.9. The molecule has 1 amide bonds. The van der Waals surface area contributed by atoms with Crippen LogP contribution in [0.15, 0.2) is 42.5 Å². The van der Waals surface area contributed by atoms with Gasteiger partial charge in [-0.05, 0) is 37.3 Å². The quantitative estimate of drug-likeness (QED) is 0.889. The maximum absolute atomic E-state index is 12.5. The molecule has 0 aliphatic heterocycles. The molecular formula is C17H19NO4. The van der Waals surface area contributed by atoms with E-state index in [9.17, 15) is 4.79 Å². The third kappa shape index (κ3) is 3.49. The normalized spacial score (nSPS) is 9.95. The van der Waals surface area contributed by atoms with Gasteiger partial charge in [0.1, 0.15) is 17.2 Å². The van der Waals surface area contributed by atoms with E-state index in [1.165, 1.54) is 7.11 Å². The summed E-state index contributed by atoms with van der Waals surface area (Å²) in [4.78, 5) is 12.5. The van der Waals surface area contributed by atoms with Crippen molar-refractivity contribution in [3.8, 4) is 17.2 Å². The summed E-state index contributed by atoms with van der Waals surface area (Å²) in [5, 5.41) is 2.84. The first kappa shape index (κ1) is 15.7. The average molecular weight is 301 g/mol. The van der Waals surface area contributed by atoms with Crippen molar-refractivity contribution >= 4 is 11.6 Å². The van der Waals surface area contributed by atoms with E-state index in [2.05, 4.69) is 5.32 Å². The molecule has 0 radical (unpaired) electrons. The van der Waals surface area contributed by atoms with Crippen molar-refractivity contribution in [3.63, 3.8) is 0 Å². The van der Waals surface area contributed by atoms with Crippen molar-refractivity contribution in [2.24, 2.45) is 0 Å². The first-order valence-corrected chi connectivity index (χ1v) is 6.94. The number of hydrogen-bond acceptors (Lipinski definition) is 4. The lowest BCUT2D eigenvalue weighted by atomic mass is 10.1. The number of ether oxygens (including phenoxy) is 3. The largest absolute Gasteiger partial charge is 0.497 e. The Labute approximate surface area is 129 Å². The summed E-state index contributed by atoms with van der Waals surface area (Å²) >= 11 is 0. The van der Waals surface area contributed by atoms with Gasteiger partial charge in [0.2, 0.25) is 0 Å². The monoisotopic (exact) mass is 301 g/mol. The highest BCUT2D eigenvalue weighted by molar-refractivity contribution is 6.07. The number of para-hydroxylation sites is 2. The summed E-state index contributed by atoms with van der Waals surface area (Å²) in [6.45, 7) is 2.42. The van der Waals surface area contributed by atoms with Gasteiger partial charge in [-0.2, -0.15) is 0 Å². The molecule has 0 heterocycles. The van der Waals surface area contributed by atoms with Crippen LogP contribution in [0.2, 0.25) is 0 Å². The molecule has 1 N–H and O–H groups in total. The second-order valence-corrected chi connectivity index (χ2v) is 4.45. The molecular weight excluding hydrogens is 282 g/mol. The highest BCUT2D eigenvalue weighted by Crippen LogP contribution is 2.28. The molecule has 0 bridgehead atoms. The van der Waals surface area contributed by atoms with Gasteiger partial charge in [-0.3, -0.25) is 4.79 Å². The number of benzene rings is 2. The van der Waals surface area contributed by atoms with Crippen molar-refractivity contribution in [1.82, 2.24) is 0 Å². The SMILES string of the molecule is CCOc1ccccc1NC(=O)c1cc(OC)ccc1OC. The molecule has 2 rings (SSSR count). The Morgan fingerprint density at radius 3 is 2.50 bits per heavy atom. The van der Waals surface area contributed by atoms with Gasteiger partial charge in [0.25, 0.3) is 5.91 Å². The highest BCUT2D eigenvalue weighted by atomic mass is 16.5. The minimum absolute atomic E-state index is 0.289. The number of methoxy groups -OCH3 is 2. The number of anilines is 1. The molecule has 0 fully saturated rings. The summed E-state index contributed by atoms with van der Waals surface area (Å²) in [5.74, 6) is 1.40. The highest BCUT2D eigenvalue weighted by Gasteiger charge is 2.15. The van der Waals surface area contributed by atoms with Crippen LogP contribution in [-0.2, 0) is 0 Å². The van der Waals surface area contributed by atoms with E-state index in [1.807, 2.05) is 25.1 Å². The molecule has 116 valence electrons. The van der Waals surface area contributed by atoms with Gasteiger partial charge < -0.3 is 19.5 Å². The van der Waals surface area contributed by atoms with Gasteiger partial charge in [0.05, 0.1) is 32.1 Å². The first-order chi connectivity index (χ1) is 10.7. The molecule has 22 heavy (non-hydrogen) atoms. The lowest BCUT2D eigenvalue weighted by molar-refractivity contribution is 0.102. The number of carbonyl (C=O) groups excluding carboxylic acids is 1. The van der Waals surface area contributed by atoms with Gasteiger partial charge in [0.15, 0.2) is 0 Å². The molecule has 0 spiro atoms. The molecule has 2 aromatic rings. The van der Waals surface area contributed by atoms with Crippen LogP contribution in [0.25, 0.3) is 0 Å². The zero-order chi connectivity index (χ0) is 15.9. The van der Waals surface area contributed by atoms with E-state index < -0.39 is 0 Å². The first-order valence-electron chi connectivity index (χ1n) is 6.94. The van der Waals surface area contributed by atoms with Gasteiger partial charge >= 0.3 is 0 Å². The summed E-state index contributed by atoms with van der Waals surface area (Å²) in [7, 11) is 3.07. The topological polar surface area (TPSA) is 56.8 Å². The van der Waals surface area contributed by atoms with Crippen LogP contribution in [0, 0.1) is 0 Å². The van der Waals surface area contributed by atoms with E-state index >= 15 is 0 Å². The van der Waals surface area contributed by atoms with Crippen molar-refractivity contribution in [2.45, 2.75) is 6.92 Å². The van der Waals surface area contributed by atoms with E-state index in [0.717, 1.165) is 0 Å². The molecule has 0 aliphatic rings. The number of amides is 1. The average Bonchev–Trinajstić information content (AvgIpc) is 2.56. The van der Waals surface area contributed by atoms with E-state index in [1.54, 1.807) is 31.4 Å². The predicted molar refractivity (Wildman–Crippen MR) is 85.1 cm³/mol. The second kappa shape index (κ2) is 7.36. The van der Waals surface area contributed by atoms with Gasteiger partial charge in [-0.25, -0.2) is 0 Å². The minimum Gasteiger partial charge on any atom is -0.497 e. The zero-order valence-electron chi connectivity index (χ0n) is 12.9. The molecule has 0 aromatic heterocycles. The fourth-order valence-corrected chi connectivity index (χ4v) is 2.03. The van der Waals surface area contributed by atoms with Crippen LogP contribution in [0.3, 0.4) is 0 Å². The Balaban J connectivity index is 2.29. The zero-order valence-corrected chi connectivity index (χ0v) is 12.9. The number of hydrogen-bond donors (Lipinski definition) is 1. The molecule has 0 saturated heterocycles. The van der Waals surface area contributed by atoms with Crippen LogP contribution in [-0.4, -0.2) is 26.7 Å². The third-order valence-electron chi connectivity index (χ3n) is 3.09. The van der Waals surface area contributed by atoms with Crippen LogP contribution < -0.4 is 19.5 Å². The van der Waals surface area contributed by atoms with Crippen LogP contribution in [0.1, 0.15) is 17.3 Å². The number of carbonyl (C=O) groups is 1. The summed E-state index contributed by atoms with van der Waals surface area (Å²) in [6, 6.07) is 12.4. The maximum Gasteiger partial charge on any atom is 0.259 e. The minimum atomic E-state index is -0.289. The molecule has 0 saturated carbocycles. The Bertz CT molecular complexity index is 655. The predicted octanol–water partition coefficient (Wildman–Crippen LogP) is 3.35. The van der Waals surface area contributed by atoms with Crippen molar-refractivity contribution in [2.75, 3.05) is 26.1 Å². The fraction of sp³-hybridized carbons (Fsp3) is 0.235. The van der Waals surface area contributed by atoms with Crippen LogP contribution in [0.4, 0.5) is 5.69 Å². The molecule has 5 nitrogen and oxygen atoms in total. The third-order valence-corrected chi connectivity index (χ3v) is 3.09. The Kier molecular flexibility index (Phi) is 5.25. The van der Waals surface area contributed by atoms with E-state index in [4.69, 9.17) is 14.2 Å². The number of nitrogens with one attached hydrogen (secondary N) is 1. The summed E-state index contributed by atoms with van der Waals surface area (Å²) in [5.41, 5.74) is 1.01. The standard InChI is InChI=1S/C17H19NO4/c1-4-22-16-8-6-5-7-14(16)18-17(19)13-11-12(20-2)9-10-15(13)21-3/h5-11H,4H2,1-3H3,(H,18,19). The van der Waals surface area contributed by atoms with Crippen molar-refractivity contribution in [1.29, 1.82) is 0 Å². The lowest BCUT2D eigenvalue weighted by Crippen LogP contribution is -2.14. The van der Waals surface area contributed by atoms with E-state index in [-0.39, 0.29) is 5.91 Å². The second-order valence-electron chi connectivity index (χ2n) is 4.45. The molecule has 2 aromatic carbocycles. The van der Waals surface area contributed by atoms with Crippen LogP contribution in [0.5, 0.6) is 17.2 Å². The van der Waals surface area contributed by atoms with Crippen molar-refractivity contribution in [3.05, 3.63) is 48.0 Å². The Morgan fingerprint density at radius 2 is 1.82 bits per heavy atom. The van der Waals surface area contributed by atoms with Crippen molar-refractivity contribution < 1.29 is 19.0 Å². The van der Waals surface area contributed by atoms with Gasteiger partial charge in [-0.1, -0.05) is 12.1 Å². The Morgan fingerprint density at radius 1 is 1.05 bits per heavy atom. The molecule has 0 atom stereocenters. The number of rotatable bonds is 6. The van der Waals surface area contributed by atoms with Gasteiger partial charge in [-0.15, -0.1) is 0 Å². The smallest absolute Gasteiger partial charge is 0.259 e. The molecule has 5 heteroatoms. The van der Waals surface area contributed by atoms with Gasteiger partial charge in [0, 0.05) is 0 Å². The molecule has 0 aliphatic carbocycles. The summed E-state index contributed by atoms with van der Waals surface area (Å²) in [6.07, 6.45) is 0.